The van der Waals surface area contributed by atoms with Crippen molar-refractivity contribution in [1.29, 1.82) is 0 Å². The van der Waals surface area contributed by atoms with Crippen molar-refractivity contribution in [3.05, 3.63) is 42.5 Å². The Morgan fingerprint density at radius 1 is 1.19 bits per heavy atom. The van der Waals surface area contributed by atoms with E-state index in [4.69, 9.17) is 10.5 Å². The number of nitrogens with zero attached hydrogens (tertiary/aromatic N) is 4. The Balaban J connectivity index is 1.78. The van der Waals surface area contributed by atoms with Crippen LogP contribution in [0.2, 0.25) is 0 Å². The topological polar surface area (TPSA) is 108 Å². The number of nitrogen functional groups attached to an aromatic ring is 1. The zero-order valence-corrected chi connectivity index (χ0v) is 15.2. The maximum Gasteiger partial charge on any atom is 0.408 e. The second kappa shape index (κ2) is 6.62. The molecule has 0 aliphatic rings. The van der Waals surface area contributed by atoms with E-state index in [0.717, 1.165) is 11.3 Å². The van der Waals surface area contributed by atoms with Gasteiger partial charge in [0.05, 0.1) is 0 Å². The van der Waals surface area contributed by atoms with Crippen molar-refractivity contribution in [3.8, 4) is 5.69 Å². The number of fused-ring (bicyclic) bond motifs is 1. The van der Waals surface area contributed by atoms with Crippen molar-refractivity contribution in [3.63, 3.8) is 0 Å². The SMILES string of the molecule is C[C@H](OC(=O)NC(C)(C)C)c1ccc(-n2cnc3c(N)ncnc32)cc1. The van der Waals surface area contributed by atoms with Crippen LogP contribution in [0.1, 0.15) is 39.4 Å². The van der Waals surface area contributed by atoms with E-state index in [-0.39, 0.29) is 11.6 Å². The first-order chi connectivity index (χ1) is 12.2. The van der Waals surface area contributed by atoms with Gasteiger partial charge in [-0.1, -0.05) is 12.1 Å². The Hall–Kier alpha value is -3.16. The van der Waals surface area contributed by atoms with Crippen molar-refractivity contribution < 1.29 is 9.53 Å². The average molecular weight is 354 g/mol. The number of imidazole rings is 1. The van der Waals surface area contributed by atoms with Crippen molar-refractivity contribution >= 4 is 23.1 Å². The predicted molar refractivity (Wildman–Crippen MR) is 98.9 cm³/mol. The Kier molecular flexibility index (Phi) is 4.50. The molecule has 0 aliphatic carbocycles. The standard InChI is InChI=1S/C18H22N6O2/c1-11(26-17(25)23-18(2,3)4)12-5-7-13(8-6-12)24-10-22-14-15(19)20-9-21-16(14)24/h5-11H,1-4H3,(H,23,25)(H2,19,20,21)/t11-/m0/s1. The summed E-state index contributed by atoms with van der Waals surface area (Å²) in [6, 6.07) is 7.63. The molecule has 0 fully saturated rings. The number of aromatic nitrogens is 4. The highest BCUT2D eigenvalue weighted by Gasteiger charge is 2.18. The zero-order valence-electron chi connectivity index (χ0n) is 15.2. The van der Waals surface area contributed by atoms with Crippen LogP contribution in [-0.2, 0) is 4.74 Å². The number of hydrogen-bond acceptors (Lipinski definition) is 6. The van der Waals surface area contributed by atoms with Crippen molar-refractivity contribution in [2.45, 2.75) is 39.3 Å². The molecule has 1 atom stereocenters. The minimum Gasteiger partial charge on any atom is -0.442 e. The molecule has 1 aromatic carbocycles. The summed E-state index contributed by atoms with van der Waals surface area (Å²) in [4.78, 5) is 24.3. The van der Waals surface area contributed by atoms with Gasteiger partial charge in [-0.2, -0.15) is 0 Å². The Morgan fingerprint density at radius 2 is 1.88 bits per heavy atom. The van der Waals surface area contributed by atoms with Gasteiger partial charge in [-0.05, 0) is 45.4 Å². The Morgan fingerprint density at radius 3 is 2.54 bits per heavy atom. The van der Waals surface area contributed by atoms with Gasteiger partial charge in [-0.25, -0.2) is 19.7 Å². The van der Waals surface area contributed by atoms with Gasteiger partial charge in [-0.3, -0.25) is 4.57 Å². The third kappa shape index (κ3) is 3.74. The number of carbonyl (C=O) groups excluding carboxylic acids is 1. The fourth-order valence-electron chi connectivity index (χ4n) is 2.51. The summed E-state index contributed by atoms with van der Waals surface area (Å²) in [5.41, 5.74) is 8.44. The normalized spacial score (nSPS) is 12.8. The highest BCUT2D eigenvalue weighted by Crippen LogP contribution is 2.22. The lowest BCUT2D eigenvalue weighted by molar-refractivity contribution is 0.100. The largest absolute Gasteiger partial charge is 0.442 e. The summed E-state index contributed by atoms with van der Waals surface area (Å²) < 4.78 is 7.25. The second-order valence-corrected chi connectivity index (χ2v) is 7.06. The van der Waals surface area contributed by atoms with Crippen molar-refractivity contribution in [2.75, 3.05) is 5.73 Å². The lowest BCUT2D eigenvalue weighted by Gasteiger charge is -2.22. The molecule has 8 nitrogen and oxygen atoms in total. The first-order valence-electron chi connectivity index (χ1n) is 8.27. The number of nitrogens with two attached hydrogens (primary N) is 1. The molecule has 0 radical (unpaired) electrons. The van der Waals surface area contributed by atoms with Gasteiger partial charge in [-0.15, -0.1) is 0 Å². The molecule has 1 amide bonds. The van der Waals surface area contributed by atoms with Gasteiger partial charge in [0.1, 0.15) is 18.8 Å². The van der Waals surface area contributed by atoms with E-state index in [1.807, 2.05) is 56.5 Å². The predicted octanol–water partition coefficient (Wildman–Crippen LogP) is 2.98. The Bertz CT molecular complexity index is 927. The molecular weight excluding hydrogens is 332 g/mol. The van der Waals surface area contributed by atoms with Crippen LogP contribution in [0, 0.1) is 0 Å². The lowest BCUT2D eigenvalue weighted by Crippen LogP contribution is -2.41. The van der Waals surface area contributed by atoms with Gasteiger partial charge >= 0.3 is 6.09 Å². The highest BCUT2D eigenvalue weighted by atomic mass is 16.6. The number of amides is 1. The number of benzene rings is 1. The number of carbonyl (C=O) groups is 1. The molecule has 26 heavy (non-hydrogen) atoms. The summed E-state index contributed by atoms with van der Waals surface area (Å²) in [5.74, 6) is 0.345. The van der Waals surface area contributed by atoms with Gasteiger partial charge in [0.15, 0.2) is 17.0 Å². The van der Waals surface area contributed by atoms with E-state index in [2.05, 4.69) is 20.3 Å². The highest BCUT2D eigenvalue weighted by molar-refractivity contribution is 5.82. The number of hydrogen-bond donors (Lipinski definition) is 2. The first-order valence-corrected chi connectivity index (χ1v) is 8.27. The van der Waals surface area contributed by atoms with Crippen LogP contribution in [0.5, 0.6) is 0 Å². The van der Waals surface area contributed by atoms with E-state index in [9.17, 15) is 4.79 Å². The first kappa shape index (κ1) is 17.7. The lowest BCUT2D eigenvalue weighted by atomic mass is 10.1. The minimum absolute atomic E-state index is 0.340. The van der Waals surface area contributed by atoms with E-state index in [1.54, 1.807) is 6.33 Å². The Labute approximate surface area is 151 Å². The quantitative estimate of drug-likeness (QED) is 0.748. The van der Waals surface area contributed by atoms with Crippen LogP contribution in [0.3, 0.4) is 0 Å². The van der Waals surface area contributed by atoms with Crippen LogP contribution < -0.4 is 11.1 Å². The molecule has 0 aliphatic heterocycles. The molecule has 2 heterocycles. The molecule has 0 bridgehead atoms. The third-order valence-electron chi connectivity index (χ3n) is 3.76. The average Bonchev–Trinajstić information content (AvgIpc) is 2.98. The van der Waals surface area contributed by atoms with Crippen LogP contribution in [0.25, 0.3) is 16.9 Å². The molecule has 0 saturated heterocycles. The minimum atomic E-state index is -0.443. The zero-order chi connectivity index (χ0) is 18.9. The van der Waals surface area contributed by atoms with Crippen LogP contribution in [0.15, 0.2) is 36.9 Å². The smallest absolute Gasteiger partial charge is 0.408 e. The number of anilines is 1. The van der Waals surface area contributed by atoms with E-state index < -0.39 is 6.09 Å². The molecule has 0 spiro atoms. The fraction of sp³-hybridized carbons (Fsp3) is 0.333. The maximum absolute atomic E-state index is 11.9. The number of alkyl carbamates (subject to hydrolysis) is 1. The van der Waals surface area contributed by atoms with E-state index >= 15 is 0 Å². The van der Waals surface area contributed by atoms with Gasteiger partial charge in [0.2, 0.25) is 0 Å². The van der Waals surface area contributed by atoms with Crippen LogP contribution >= 0.6 is 0 Å². The molecule has 0 saturated carbocycles. The third-order valence-corrected chi connectivity index (χ3v) is 3.76. The molecule has 3 rings (SSSR count). The molecule has 8 heteroatoms. The van der Waals surface area contributed by atoms with Gasteiger partial charge < -0.3 is 15.8 Å². The monoisotopic (exact) mass is 354 g/mol. The fourth-order valence-corrected chi connectivity index (χ4v) is 2.51. The summed E-state index contributed by atoms with van der Waals surface area (Å²) in [6.07, 6.45) is 2.25. The number of ether oxygens (including phenoxy) is 1. The maximum atomic E-state index is 11.9. The molecule has 0 unspecified atom stereocenters. The van der Waals surface area contributed by atoms with Crippen LogP contribution in [0.4, 0.5) is 10.6 Å². The molecule has 2 aromatic heterocycles. The van der Waals surface area contributed by atoms with Gasteiger partial charge in [0.25, 0.3) is 0 Å². The van der Waals surface area contributed by atoms with Crippen molar-refractivity contribution in [2.24, 2.45) is 0 Å². The summed E-state index contributed by atoms with van der Waals surface area (Å²) in [6.45, 7) is 7.54. The molecule has 3 N–H and O–H groups in total. The van der Waals surface area contributed by atoms with E-state index in [0.29, 0.717) is 17.0 Å². The molecule has 3 aromatic rings. The van der Waals surface area contributed by atoms with Crippen LogP contribution in [-0.4, -0.2) is 31.2 Å². The molecular formula is C18H22N6O2. The van der Waals surface area contributed by atoms with Crippen molar-refractivity contribution in [1.82, 2.24) is 24.8 Å². The summed E-state index contributed by atoms with van der Waals surface area (Å²) >= 11 is 0. The molecule has 136 valence electrons. The van der Waals surface area contributed by atoms with Gasteiger partial charge in [0, 0.05) is 11.2 Å². The second-order valence-electron chi connectivity index (χ2n) is 7.06. The number of nitrogens with one attached hydrogen (secondary N) is 1. The number of rotatable bonds is 3. The van der Waals surface area contributed by atoms with E-state index in [1.165, 1.54) is 6.33 Å². The summed E-state index contributed by atoms with van der Waals surface area (Å²) in [5, 5.41) is 2.78. The summed E-state index contributed by atoms with van der Waals surface area (Å²) in [7, 11) is 0.